The van der Waals surface area contributed by atoms with Gasteiger partial charge in [0.15, 0.2) is 0 Å². The van der Waals surface area contributed by atoms with Crippen LogP contribution in [-0.4, -0.2) is 11.8 Å². The minimum atomic E-state index is -0.300. The molecule has 24 heavy (non-hydrogen) atoms. The largest absolute Gasteiger partial charge is 0.326 e. The summed E-state index contributed by atoms with van der Waals surface area (Å²) in [7, 11) is 0. The van der Waals surface area contributed by atoms with Crippen LogP contribution in [0.15, 0.2) is 42.5 Å². The second kappa shape index (κ2) is 6.65. The van der Waals surface area contributed by atoms with E-state index in [-0.39, 0.29) is 23.7 Å². The molecule has 0 radical (unpaired) electrons. The molecule has 3 rings (SSSR count). The summed E-state index contributed by atoms with van der Waals surface area (Å²) >= 11 is 6.22. The molecule has 0 saturated heterocycles. The highest BCUT2D eigenvalue weighted by Crippen LogP contribution is 2.41. The van der Waals surface area contributed by atoms with Crippen molar-refractivity contribution < 1.29 is 9.59 Å². The molecule has 2 atom stereocenters. The van der Waals surface area contributed by atoms with E-state index in [0.717, 1.165) is 16.8 Å². The first kappa shape index (κ1) is 16.5. The fourth-order valence-electron chi connectivity index (χ4n) is 2.82. The molecule has 2 N–H and O–H groups in total. The molecule has 2 unspecified atom stereocenters. The number of para-hydroxylation sites is 1. The first-order valence-electron chi connectivity index (χ1n) is 7.89. The highest BCUT2D eigenvalue weighted by atomic mass is 35.5. The summed E-state index contributed by atoms with van der Waals surface area (Å²) in [6, 6.07) is 13.0. The van der Waals surface area contributed by atoms with Crippen LogP contribution in [0.4, 0.5) is 11.4 Å². The van der Waals surface area contributed by atoms with Crippen molar-refractivity contribution >= 4 is 34.8 Å². The van der Waals surface area contributed by atoms with Gasteiger partial charge in [-0.2, -0.15) is 0 Å². The molecule has 5 heteroatoms. The molecule has 0 spiro atoms. The molecule has 0 bridgehead atoms. The van der Waals surface area contributed by atoms with Gasteiger partial charge in [0.05, 0.1) is 22.5 Å². The zero-order valence-corrected chi connectivity index (χ0v) is 14.4. The van der Waals surface area contributed by atoms with Crippen LogP contribution in [0.25, 0.3) is 0 Å². The lowest BCUT2D eigenvalue weighted by atomic mass is 10.1. The Morgan fingerprint density at radius 1 is 1.00 bits per heavy atom. The van der Waals surface area contributed by atoms with Gasteiger partial charge in [-0.3, -0.25) is 9.59 Å². The third-order valence-electron chi connectivity index (χ3n) is 4.19. The number of nitrogens with one attached hydrogen (secondary N) is 2. The zero-order valence-electron chi connectivity index (χ0n) is 13.6. The van der Waals surface area contributed by atoms with Crippen LogP contribution >= 0.6 is 11.6 Å². The van der Waals surface area contributed by atoms with Gasteiger partial charge in [-0.1, -0.05) is 35.9 Å². The van der Waals surface area contributed by atoms with Crippen LogP contribution in [0.5, 0.6) is 0 Å². The van der Waals surface area contributed by atoms with Gasteiger partial charge in [0.2, 0.25) is 11.8 Å². The average Bonchev–Trinajstić information content (AvgIpc) is 3.32. The second-order valence-corrected chi connectivity index (χ2v) is 6.64. The number of benzene rings is 2. The van der Waals surface area contributed by atoms with Crippen LogP contribution in [0.1, 0.15) is 17.5 Å². The summed E-state index contributed by atoms with van der Waals surface area (Å²) in [5, 5.41) is 6.22. The molecule has 0 aromatic heterocycles. The molecule has 2 aromatic carbocycles. The van der Waals surface area contributed by atoms with Crippen LogP contribution in [0.3, 0.4) is 0 Å². The van der Waals surface area contributed by atoms with Crippen molar-refractivity contribution in [1.82, 2.24) is 0 Å². The number of aryl methyl sites for hydroxylation is 2. The van der Waals surface area contributed by atoms with Crippen molar-refractivity contribution in [3.8, 4) is 0 Å². The molecule has 0 aliphatic heterocycles. The molecule has 1 aliphatic rings. The number of halogens is 1. The molecule has 2 aromatic rings. The highest BCUT2D eigenvalue weighted by molar-refractivity contribution is 6.34. The van der Waals surface area contributed by atoms with Gasteiger partial charge in [0.25, 0.3) is 0 Å². The average molecular weight is 343 g/mol. The van der Waals surface area contributed by atoms with Crippen molar-refractivity contribution in [2.75, 3.05) is 10.6 Å². The Balaban J connectivity index is 1.61. The highest BCUT2D eigenvalue weighted by Gasteiger charge is 2.48. The lowest BCUT2D eigenvalue weighted by molar-refractivity contribution is -0.122. The van der Waals surface area contributed by atoms with Crippen LogP contribution in [0, 0.1) is 25.7 Å². The first-order valence-corrected chi connectivity index (χ1v) is 8.27. The molecular weight excluding hydrogens is 324 g/mol. The van der Waals surface area contributed by atoms with E-state index in [1.54, 1.807) is 0 Å². The predicted molar refractivity (Wildman–Crippen MR) is 96.2 cm³/mol. The van der Waals surface area contributed by atoms with Gasteiger partial charge in [-0.05, 0) is 49.6 Å². The van der Waals surface area contributed by atoms with Crippen molar-refractivity contribution in [3.05, 3.63) is 58.6 Å². The maximum Gasteiger partial charge on any atom is 0.228 e. The Labute approximate surface area is 146 Å². The van der Waals surface area contributed by atoms with Gasteiger partial charge in [-0.15, -0.1) is 0 Å². The monoisotopic (exact) mass is 342 g/mol. The van der Waals surface area contributed by atoms with E-state index in [1.807, 2.05) is 56.3 Å². The number of rotatable bonds is 4. The maximum absolute atomic E-state index is 12.4. The van der Waals surface area contributed by atoms with Crippen LogP contribution in [-0.2, 0) is 9.59 Å². The van der Waals surface area contributed by atoms with Gasteiger partial charge in [0, 0.05) is 5.69 Å². The van der Waals surface area contributed by atoms with E-state index in [1.165, 1.54) is 0 Å². The Morgan fingerprint density at radius 3 is 2.25 bits per heavy atom. The Hall–Kier alpha value is -2.33. The molecule has 1 saturated carbocycles. The minimum Gasteiger partial charge on any atom is -0.326 e. The lowest BCUT2D eigenvalue weighted by Crippen LogP contribution is -2.21. The van der Waals surface area contributed by atoms with E-state index in [0.29, 0.717) is 17.1 Å². The predicted octanol–water partition coefficient (Wildman–Crippen LogP) is 4.17. The normalized spacial score (nSPS) is 18.8. The molecule has 1 aliphatic carbocycles. The number of carbonyl (C=O) groups is 2. The zero-order chi connectivity index (χ0) is 17.3. The van der Waals surface area contributed by atoms with E-state index < -0.39 is 0 Å². The maximum atomic E-state index is 12.4. The van der Waals surface area contributed by atoms with Crippen molar-refractivity contribution in [1.29, 1.82) is 0 Å². The van der Waals surface area contributed by atoms with E-state index >= 15 is 0 Å². The second-order valence-electron chi connectivity index (χ2n) is 6.23. The van der Waals surface area contributed by atoms with Crippen LogP contribution < -0.4 is 10.6 Å². The van der Waals surface area contributed by atoms with Crippen molar-refractivity contribution in [3.63, 3.8) is 0 Å². The third kappa shape index (κ3) is 3.60. The summed E-state index contributed by atoms with van der Waals surface area (Å²) in [6.45, 7) is 3.86. The third-order valence-corrected chi connectivity index (χ3v) is 4.48. The summed E-state index contributed by atoms with van der Waals surface area (Å²) in [6.07, 6.45) is 0.563. The molecule has 4 nitrogen and oxygen atoms in total. The van der Waals surface area contributed by atoms with Crippen molar-refractivity contribution in [2.45, 2.75) is 20.3 Å². The molecule has 1 fully saturated rings. The SMILES string of the molecule is Cc1cc(C)c(NC(=O)C2CC2C(=O)Nc2ccccc2)c(Cl)c1. The number of hydrogen-bond donors (Lipinski definition) is 2. The molecule has 0 heterocycles. The summed E-state index contributed by atoms with van der Waals surface area (Å²) in [5.41, 5.74) is 3.33. The van der Waals surface area contributed by atoms with E-state index in [9.17, 15) is 9.59 Å². The van der Waals surface area contributed by atoms with Gasteiger partial charge in [0.1, 0.15) is 0 Å². The molecule has 124 valence electrons. The minimum absolute atomic E-state index is 0.118. The standard InChI is InChI=1S/C19H19ClN2O2/c1-11-8-12(2)17(16(20)9-11)22-19(24)15-10-14(15)18(23)21-13-6-4-3-5-7-13/h3-9,14-15H,10H2,1-2H3,(H,21,23)(H,22,24). The number of amides is 2. The Morgan fingerprint density at radius 2 is 1.62 bits per heavy atom. The van der Waals surface area contributed by atoms with Crippen molar-refractivity contribution in [2.24, 2.45) is 11.8 Å². The van der Waals surface area contributed by atoms with E-state index in [2.05, 4.69) is 10.6 Å². The summed E-state index contributed by atoms with van der Waals surface area (Å²) in [4.78, 5) is 24.6. The smallest absolute Gasteiger partial charge is 0.228 e. The van der Waals surface area contributed by atoms with Gasteiger partial charge >= 0.3 is 0 Å². The first-order chi connectivity index (χ1) is 11.5. The molecular formula is C19H19ClN2O2. The number of carbonyl (C=O) groups excluding carboxylic acids is 2. The Kier molecular flexibility index (Phi) is 4.58. The van der Waals surface area contributed by atoms with Gasteiger partial charge in [-0.25, -0.2) is 0 Å². The van der Waals surface area contributed by atoms with Crippen LogP contribution in [0.2, 0.25) is 5.02 Å². The molecule has 2 amide bonds. The fraction of sp³-hybridized carbons (Fsp3) is 0.263. The fourth-order valence-corrected chi connectivity index (χ4v) is 3.19. The lowest BCUT2D eigenvalue weighted by Gasteiger charge is -2.11. The van der Waals surface area contributed by atoms with E-state index in [4.69, 9.17) is 11.6 Å². The summed E-state index contributed by atoms with van der Waals surface area (Å²) in [5.74, 6) is -0.856. The number of hydrogen-bond acceptors (Lipinski definition) is 2. The quantitative estimate of drug-likeness (QED) is 0.876. The van der Waals surface area contributed by atoms with Gasteiger partial charge < -0.3 is 10.6 Å². The Bertz CT molecular complexity index is 766. The topological polar surface area (TPSA) is 58.2 Å². The number of anilines is 2. The summed E-state index contributed by atoms with van der Waals surface area (Å²) < 4.78 is 0.